The largest absolute Gasteiger partial charge is 0.342 e. The molecule has 0 aromatic heterocycles. The summed E-state index contributed by atoms with van der Waals surface area (Å²) in [5.74, 6) is -0.501. The molecule has 3 rings (SSSR count). The molecule has 1 amide bonds. The lowest BCUT2D eigenvalue weighted by atomic mass is 9.99. The van der Waals surface area contributed by atoms with E-state index in [2.05, 4.69) is 10.9 Å². The maximum Gasteiger partial charge on any atom is 0.254 e. The Labute approximate surface area is 183 Å². The monoisotopic (exact) mass is 447 g/mol. The van der Waals surface area contributed by atoms with Gasteiger partial charge in [0.1, 0.15) is 5.82 Å². The summed E-state index contributed by atoms with van der Waals surface area (Å²) >= 11 is 0. The minimum absolute atomic E-state index is 0.0716. The molecule has 1 saturated heterocycles. The Morgan fingerprint density at radius 1 is 1.06 bits per heavy atom. The zero-order valence-corrected chi connectivity index (χ0v) is 18.8. The topological polar surface area (TPSA) is 78.5 Å². The highest BCUT2D eigenvalue weighted by atomic mass is 32.2. The average molecular weight is 448 g/mol. The Morgan fingerprint density at radius 2 is 1.77 bits per heavy atom. The highest BCUT2D eigenvalue weighted by Gasteiger charge is 2.24. The number of carbonyl (C=O) groups is 1. The SMILES string of the molecule is CN(CCCCCC1CC(c2ccc(F)cc2)NN1)C(=O)c1ccccc1S(C)(=O)=O. The van der Waals surface area contributed by atoms with Gasteiger partial charge in [-0.15, -0.1) is 0 Å². The van der Waals surface area contributed by atoms with Crippen molar-refractivity contribution < 1.29 is 17.6 Å². The smallest absolute Gasteiger partial charge is 0.254 e. The average Bonchev–Trinajstić information content (AvgIpc) is 3.21. The van der Waals surface area contributed by atoms with Crippen LogP contribution in [-0.4, -0.2) is 45.1 Å². The predicted molar refractivity (Wildman–Crippen MR) is 119 cm³/mol. The number of hydrogen-bond acceptors (Lipinski definition) is 5. The van der Waals surface area contributed by atoms with E-state index in [0.717, 1.165) is 43.9 Å². The van der Waals surface area contributed by atoms with Gasteiger partial charge < -0.3 is 4.90 Å². The molecule has 1 fully saturated rings. The number of rotatable bonds is 9. The van der Waals surface area contributed by atoms with Gasteiger partial charge >= 0.3 is 0 Å². The van der Waals surface area contributed by atoms with E-state index in [-0.39, 0.29) is 28.2 Å². The highest BCUT2D eigenvalue weighted by Crippen LogP contribution is 2.25. The van der Waals surface area contributed by atoms with Gasteiger partial charge in [0, 0.05) is 31.9 Å². The molecule has 2 unspecified atom stereocenters. The number of hydrogen-bond donors (Lipinski definition) is 2. The van der Waals surface area contributed by atoms with Gasteiger partial charge in [-0.3, -0.25) is 15.6 Å². The summed E-state index contributed by atoms with van der Waals surface area (Å²) in [5.41, 5.74) is 7.89. The summed E-state index contributed by atoms with van der Waals surface area (Å²) in [5, 5.41) is 0. The second-order valence-corrected chi connectivity index (χ2v) is 10.2. The fourth-order valence-corrected chi connectivity index (χ4v) is 4.80. The highest BCUT2D eigenvalue weighted by molar-refractivity contribution is 7.90. The summed E-state index contributed by atoms with van der Waals surface area (Å²) in [6, 6.07) is 13.5. The number of unbranched alkanes of at least 4 members (excludes halogenated alkanes) is 2. The Bertz CT molecular complexity index is 995. The van der Waals surface area contributed by atoms with Crippen LogP contribution < -0.4 is 10.9 Å². The third kappa shape index (κ3) is 6.35. The normalized spacial score (nSPS) is 18.8. The van der Waals surface area contributed by atoms with Gasteiger partial charge in [0.25, 0.3) is 5.91 Å². The zero-order valence-electron chi connectivity index (χ0n) is 18.0. The van der Waals surface area contributed by atoms with Crippen LogP contribution in [-0.2, 0) is 9.84 Å². The van der Waals surface area contributed by atoms with Gasteiger partial charge in [0.05, 0.1) is 10.5 Å². The molecule has 0 bridgehead atoms. The summed E-state index contributed by atoms with van der Waals surface area (Å²) < 4.78 is 36.9. The molecule has 2 aromatic carbocycles. The minimum Gasteiger partial charge on any atom is -0.342 e. The van der Waals surface area contributed by atoms with E-state index in [9.17, 15) is 17.6 Å². The molecule has 1 aliphatic heterocycles. The standard InChI is InChI=1S/C23H30FN3O3S/c1-27(23(28)20-9-5-6-10-22(20)31(2,29)30)15-7-3-4-8-19-16-21(26-25-19)17-11-13-18(24)14-12-17/h5-6,9-14,19,21,25-26H,3-4,7-8,15-16H2,1-2H3. The zero-order chi connectivity index (χ0) is 22.4. The molecule has 0 spiro atoms. The number of amides is 1. The number of carbonyl (C=O) groups excluding carboxylic acids is 1. The van der Waals surface area contributed by atoms with Crippen molar-refractivity contribution in [3.05, 3.63) is 65.5 Å². The lowest BCUT2D eigenvalue weighted by Crippen LogP contribution is -2.31. The van der Waals surface area contributed by atoms with Crippen molar-refractivity contribution in [3.63, 3.8) is 0 Å². The second kappa shape index (κ2) is 10.3. The molecule has 6 nitrogen and oxygen atoms in total. The van der Waals surface area contributed by atoms with Crippen molar-refractivity contribution in [1.82, 2.24) is 15.8 Å². The molecule has 2 N–H and O–H groups in total. The van der Waals surface area contributed by atoms with Crippen LogP contribution in [0, 0.1) is 5.82 Å². The molecule has 2 atom stereocenters. The number of benzene rings is 2. The maximum atomic E-state index is 13.1. The van der Waals surface area contributed by atoms with Crippen LogP contribution in [0.1, 0.15) is 54.1 Å². The molecule has 1 heterocycles. The van der Waals surface area contributed by atoms with Crippen LogP contribution in [0.4, 0.5) is 4.39 Å². The lowest BCUT2D eigenvalue weighted by Gasteiger charge is -2.19. The molecular weight excluding hydrogens is 417 g/mol. The maximum absolute atomic E-state index is 13.1. The molecule has 31 heavy (non-hydrogen) atoms. The van der Waals surface area contributed by atoms with Crippen molar-refractivity contribution in [2.45, 2.75) is 49.1 Å². The molecule has 8 heteroatoms. The van der Waals surface area contributed by atoms with Crippen LogP contribution in [0.15, 0.2) is 53.4 Å². The first-order valence-corrected chi connectivity index (χ1v) is 12.5. The van der Waals surface area contributed by atoms with Crippen LogP contribution >= 0.6 is 0 Å². The minimum atomic E-state index is -3.46. The Kier molecular flexibility index (Phi) is 7.80. The lowest BCUT2D eigenvalue weighted by molar-refractivity contribution is 0.0788. The van der Waals surface area contributed by atoms with E-state index in [1.54, 1.807) is 30.1 Å². The van der Waals surface area contributed by atoms with Gasteiger partial charge in [-0.05, 0) is 49.1 Å². The molecule has 0 radical (unpaired) electrons. The van der Waals surface area contributed by atoms with E-state index in [1.165, 1.54) is 18.2 Å². The number of hydrazine groups is 1. The third-order valence-electron chi connectivity index (χ3n) is 5.66. The quantitative estimate of drug-likeness (QED) is 0.576. The molecule has 1 aliphatic rings. The number of sulfone groups is 1. The van der Waals surface area contributed by atoms with Crippen LogP contribution in [0.3, 0.4) is 0 Å². The van der Waals surface area contributed by atoms with Gasteiger partial charge in [0.15, 0.2) is 9.84 Å². The summed E-state index contributed by atoms with van der Waals surface area (Å²) in [6.07, 6.45) is 5.93. The number of halogens is 1. The fraction of sp³-hybridized carbons (Fsp3) is 0.435. The van der Waals surface area contributed by atoms with Gasteiger partial charge in [-0.2, -0.15) is 0 Å². The van der Waals surface area contributed by atoms with Crippen molar-refractivity contribution in [2.24, 2.45) is 0 Å². The van der Waals surface area contributed by atoms with Crippen molar-refractivity contribution in [1.29, 1.82) is 0 Å². The number of nitrogens with zero attached hydrogens (tertiary/aromatic N) is 1. The van der Waals surface area contributed by atoms with Gasteiger partial charge in [-0.25, -0.2) is 12.8 Å². The third-order valence-corrected chi connectivity index (χ3v) is 6.82. The molecular formula is C23H30FN3O3S. The first kappa shape index (κ1) is 23.4. The van der Waals surface area contributed by atoms with E-state index in [4.69, 9.17) is 0 Å². The fourth-order valence-electron chi connectivity index (χ4n) is 3.92. The van der Waals surface area contributed by atoms with Crippen LogP contribution in [0.5, 0.6) is 0 Å². The molecule has 0 saturated carbocycles. The Morgan fingerprint density at radius 3 is 2.48 bits per heavy atom. The van der Waals surface area contributed by atoms with E-state index in [1.807, 2.05) is 12.1 Å². The summed E-state index contributed by atoms with van der Waals surface area (Å²) in [6.45, 7) is 0.575. The van der Waals surface area contributed by atoms with Crippen LogP contribution in [0.25, 0.3) is 0 Å². The molecule has 2 aromatic rings. The van der Waals surface area contributed by atoms with Gasteiger partial charge in [-0.1, -0.05) is 37.1 Å². The first-order chi connectivity index (χ1) is 14.8. The number of nitrogens with one attached hydrogen (secondary N) is 2. The van der Waals surface area contributed by atoms with Crippen molar-refractivity contribution in [2.75, 3.05) is 19.8 Å². The van der Waals surface area contributed by atoms with Crippen molar-refractivity contribution in [3.8, 4) is 0 Å². The molecule has 0 aliphatic carbocycles. The summed E-state index contributed by atoms with van der Waals surface area (Å²) in [4.78, 5) is 14.4. The van der Waals surface area contributed by atoms with Crippen molar-refractivity contribution >= 4 is 15.7 Å². The van der Waals surface area contributed by atoms with Gasteiger partial charge in [0.2, 0.25) is 0 Å². The Hall–Kier alpha value is -2.29. The summed E-state index contributed by atoms with van der Waals surface area (Å²) in [7, 11) is -1.75. The second-order valence-electron chi connectivity index (χ2n) is 8.17. The van der Waals surface area contributed by atoms with E-state index < -0.39 is 9.84 Å². The van der Waals surface area contributed by atoms with Crippen LogP contribution in [0.2, 0.25) is 0 Å². The first-order valence-electron chi connectivity index (χ1n) is 10.6. The van der Waals surface area contributed by atoms with E-state index in [0.29, 0.717) is 12.6 Å². The van der Waals surface area contributed by atoms with E-state index >= 15 is 0 Å². The molecule has 168 valence electrons. The predicted octanol–water partition coefficient (Wildman–Crippen LogP) is 3.47. The Balaban J connectivity index is 1.39.